The van der Waals surface area contributed by atoms with Gasteiger partial charge in [-0.3, -0.25) is 9.59 Å². The van der Waals surface area contributed by atoms with Crippen molar-refractivity contribution in [1.29, 1.82) is 0 Å². The number of aliphatic carboxylic acids is 1. The number of Topliss-reactive ketones (excluding diaryl/α,β-unsaturated/α-hetero) is 1. The number of aromatic nitrogens is 1. The summed E-state index contributed by atoms with van der Waals surface area (Å²) in [5.74, 6) is -0.613. The van der Waals surface area contributed by atoms with Crippen LogP contribution in [0.5, 0.6) is 0 Å². The van der Waals surface area contributed by atoms with Crippen LogP contribution in [-0.4, -0.2) is 21.8 Å². The maximum absolute atomic E-state index is 13.2. The highest BCUT2D eigenvalue weighted by Crippen LogP contribution is 2.28. The number of carboxylic acid groups (broad SMARTS) is 1. The number of para-hydroxylation sites is 1. The number of nitrogens with one attached hydrogen (secondary N) is 1. The average Bonchev–Trinajstić information content (AvgIpc) is 3.04. The number of aromatic amines is 1. The average molecular weight is 386 g/mol. The molecule has 0 fully saturated rings. The zero-order valence-electron chi connectivity index (χ0n) is 17.4. The Kier molecular flexibility index (Phi) is 9.26. The number of carbonyl (C=O) groups is 2. The summed E-state index contributed by atoms with van der Waals surface area (Å²) in [4.78, 5) is 27.4. The molecule has 0 saturated heterocycles. The third kappa shape index (κ3) is 6.50. The molecular formula is C24H35NO3. The van der Waals surface area contributed by atoms with Gasteiger partial charge in [0.05, 0.1) is 0 Å². The maximum atomic E-state index is 13.2. The number of unbranched alkanes of at least 4 members (excludes halogenated alkanes) is 6. The first-order valence-electron chi connectivity index (χ1n) is 10.9. The van der Waals surface area contributed by atoms with Crippen LogP contribution in [0.15, 0.2) is 24.3 Å². The van der Waals surface area contributed by atoms with Crippen molar-refractivity contribution in [3.05, 3.63) is 35.5 Å². The third-order valence-corrected chi connectivity index (χ3v) is 5.54. The monoisotopic (exact) mass is 385 g/mol. The SMILES string of the molecule is CCCCCCCCCC(C)C(=O)c1c(CCCC(=O)O)[nH]c2ccccc12. The Bertz CT molecular complexity index is 762. The summed E-state index contributed by atoms with van der Waals surface area (Å²) in [6.07, 6.45) is 10.9. The van der Waals surface area contributed by atoms with E-state index in [1.54, 1.807) is 0 Å². The van der Waals surface area contributed by atoms with Crippen LogP contribution in [0, 0.1) is 5.92 Å². The van der Waals surface area contributed by atoms with E-state index in [1.807, 2.05) is 31.2 Å². The molecule has 4 heteroatoms. The van der Waals surface area contributed by atoms with Crippen LogP contribution in [0.2, 0.25) is 0 Å². The summed E-state index contributed by atoms with van der Waals surface area (Å²) >= 11 is 0. The Hall–Kier alpha value is -2.10. The van der Waals surface area contributed by atoms with Gasteiger partial charge >= 0.3 is 5.97 Å². The van der Waals surface area contributed by atoms with E-state index in [0.29, 0.717) is 12.8 Å². The largest absolute Gasteiger partial charge is 0.481 e. The van der Waals surface area contributed by atoms with Crippen molar-refractivity contribution >= 4 is 22.7 Å². The van der Waals surface area contributed by atoms with Crippen LogP contribution in [0.1, 0.15) is 94.1 Å². The molecular weight excluding hydrogens is 350 g/mol. The number of carboxylic acids is 1. The van der Waals surface area contributed by atoms with Gasteiger partial charge in [0.15, 0.2) is 5.78 Å². The van der Waals surface area contributed by atoms with Gasteiger partial charge in [-0.15, -0.1) is 0 Å². The number of hydrogen-bond donors (Lipinski definition) is 2. The quantitative estimate of drug-likeness (QED) is 0.287. The van der Waals surface area contributed by atoms with E-state index in [0.717, 1.165) is 35.0 Å². The number of hydrogen-bond acceptors (Lipinski definition) is 2. The first-order valence-corrected chi connectivity index (χ1v) is 10.9. The molecule has 2 rings (SSSR count). The molecule has 0 aliphatic rings. The van der Waals surface area contributed by atoms with E-state index < -0.39 is 5.97 Å². The molecule has 0 aliphatic heterocycles. The standard InChI is InChI=1S/C24H35NO3/c1-3-4-5-6-7-8-9-13-18(2)24(28)23-19-14-10-11-15-20(19)25-21(23)16-12-17-22(26)27/h10-11,14-15,18,25H,3-9,12-13,16-17H2,1-2H3,(H,26,27). The summed E-state index contributed by atoms with van der Waals surface area (Å²) in [7, 11) is 0. The summed E-state index contributed by atoms with van der Waals surface area (Å²) < 4.78 is 0. The summed E-state index contributed by atoms with van der Waals surface area (Å²) in [6, 6.07) is 7.87. The minimum Gasteiger partial charge on any atom is -0.481 e. The highest BCUT2D eigenvalue weighted by molar-refractivity contribution is 6.10. The Morgan fingerprint density at radius 3 is 2.39 bits per heavy atom. The normalized spacial score (nSPS) is 12.4. The lowest BCUT2D eigenvalue weighted by molar-refractivity contribution is -0.137. The number of benzene rings is 1. The van der Waals surface area contributed by atoms with Crippen molar-refractivity contribution in [2.24, 2.45) is 5.92 Å². The molecule has 1 heterocycles. The fraction of sp³-hybridized carbons (Fsp3) is 0.583. The van der Waals surface area contributed by atoms with E-state index in [4.69, 9.17) is 5.11 Å². The minimum atomic E-state index is -0.795. The van der Waals surface area contributed by atoms with Gasteiger partial charge in [-0.25, -0.2) is 0 Å². The van der Waals surface area contributed by atoms with Gasteiger partial charge in [-0.05, 0) is 25.3 Å². The van der Waals surface area contributed by atoms with Gasteiger partial charge in [0.25, 0.3) is 0 Å². The second-order valence-electron chi connectivity index (χ2n) is 7.95. The predicted octanol–water partition coefficient (Wildman–Crippen LogP) is 6.53. The van der Waals surface area contributed by atoms with Crippen molar-refractivity contribution in [2.45, 2.75) is 84.5 Å². The molecule has 0 aliphatic carbocycles. The van der Waals surface area contributed by atoms with Crippen molar-refractivity contribution < 1.29 is 14.7 Å². The van der Waals surface area contributed by atoms with Crippen LogP contribution in [0.25, 0.3) is 10.9 Å². The molecule has 1 aromatic carbocycles. The van der Waals surface area contributed by atoms with E-state index in [9.17, 15) is 9.59 Å². The lowest BCUT2D eigenvalue weighted by Crippen LogP contribution is -2.13. The van der Waals surface area contributed by atoms with E-state index >= 15 is 0 Å². The van der Waals surface area contributed by atoms with Gasteiger partial charge in [0.2, 0.25) is 0 Å². The Labute approximate surface area is 168 Å². The molecule has 28 heavy (non-hydrogen) atoms. The highest BCUT2D eigenvalue weighted by atomic mass is 16.4. The van der Waals surface area contributed by atoms with E-state index in [1.165, 1.54) is 38.5 Å². The number of carbonyl (C=O) groups excluding carboxylic acids is 1. The molecule has 4 nitrogen and oxygen atoms in total. The van der Waals surface area contributed by atoms with Gasteiger partial charge in [0.1, 0.15) is 0 Å². The van der Waals surface area contributed by atoms with Crippen molar-refractivity contribution in [2.75, 3.05) is 0 Å². The van der Waals surface area contributed by atoms with Crippen LogP contribution in [0.4, 0.5) is 0 Å². The van der Waals surface area contributed by atoms with Crippen molar-refractivity contribution in [3.8, 4) is 0 Å². The van der Waals surface area contributed by atoms with Gasteiger partial charge in [0, 0.05) is 34.5 Å². The van der Waals surface area contributed by atoms with Crippen LogP contribution < -0.4 is 0 Å². The predicted molar refractivity (Wildman–Crippen MR) is 115 cm³/mol. The molecule has 0 radical (unpaired) electrons. The zero-order valence-corrected chi connectivity index (χ0v) is 17.4. The Morgan fingerprint density at radius 2 is 1.68 bits per heavy atom. The molecule has 0 bridgehead atoms. The third-order valence-electron chi connectivity index (χ3n) is 5.54. The topological polar surface area (TPSA) is 70.2 Å². The number of fused-ring (bicyclic) bond motifs is 1. The Morgan fingerprint density at radius 1 is 1.00 bits per heavy atom. The van der Waals surface area contributed by atoms with Crippen LogP contribution in [-0.2, 0) is 11.2 Å². The van der Waals surface area contributed by atoms with Gasteiger partial charge in [-0.2, -0.15) is 0 Å². The van der Waals surface area contributed by atoms with Crippen molar-refractivity contribution in [1.82, 2.24) is 4.98 Å². The number of ketones is 1. The second-order valence-corrected chi connectivity index (χ2v) is 7.95. The minimum absolute atomic E-state index is 0.00642. The molecule has 2 aromatic rings. The molecule has 0 spiro atoms. The lowest BCUT2D eigenvalue weighted by Gasteiger charge is -2.12. The molecule has 1 aromatic heterocycles. The Balaban J connectivity index is 1.99. The fourth-order valence-electron chi connectivity index (χ4n) is 3.87. The molecule has 2 N–H and O–H groups in total. The van der Waals surface area contributed by atoms with E-state index in [2.05, 4.69) is 11.9 Å². The summed E-state index contributed by atoms with van der Waals surface area (Å²) in [5, 5.41) is 9.87. The van der Waals surface area contributed by atoms with Crippen LogP contribution >= 0.6 is 0 Å². The molecule has 1 unspecified atom stereocenters. The maximum Gasteiger partial charge on any atom is 0.303 e. The fourth-order valence-corrected chi connectivity index (χ4v) is 3.87. The first kappa shape index (κ1) is 22.2. The van der Waals surface area contributed by atoms with E-state index in [-0.39, 0.29) is 18.1 Å². The molecule has 1 atom stereocenters. The number of H-pyrrole nitrogens is 1. The zero-order chi connectivity index (χ0) is 20.4. The smallest absolute Gasteiger partial charge is 0.303 e. The lowest BCUT2D eigenvalue weighted by atomic mass is 9.91. The second kappa shape index (κ2) is 11.7. The summed E-state index contributed by atoms with van der Waals surface area (Å²) in [5.41, 5.74) is 2.62. The molecule has 0 saturated carbocycles. The summed E-state index contributed by atoms with van der Waals surface area (Å²) in [6.45, 7) is 4.26. The number of aryl methyl sites for hydroxylation is 1. The van der Waals surface area contributed by atoms with Crippen LogP contribution in [0.3, 0.4) is 0 Å². The highest BCUT2D eigenvalue weighted by Gasteiger charge is 2.22. The first-order chi connectivity index (χ1) is 13.5. The molecule has 154 valence electrons. The van der Waals surface area contributed by atoms with Gasteiger partial charge in [-0.1, -0.05) is 77.0 Å². The van der Waals surface area contributed by atoms with Crippen molar-refractivity contribution in [3.63, 3.8) is 0 Å². The molecule has 0 amide bonds. The van der Waals surface area contributed by atoms with Gasteiger partial charge < -0.3 is 10.1 Å². The number of rotatable bonds is 14.